The van der Waals surface area contributed by atoms with Gasteiger partial charge in [0.15, 0.2) is 0 Å². The molecule has 0 saturated carbocycles. The maximum absolute atomic E-state index is 9.21. The van der Waals surface area contributed by atoms with Crippen molar-refractivity contribution in [1.29, 1.82) is 0 Å². The van der Waals surface area contributed by atoms with Crippen LogP contribution in [-0.4, -0.2) is 60.7 Å². The maximum Gasteiger partial charge on any atom is 0.121 e. The van der Waals surface area contributed by atoms with Gasteiger partial charge in [-0.25, -0.2) is 0 Å². The van der Waals surface area contributed by atoms with Crippen molar-refractivity contribution in [2.24, 2.45) is 0 Å². The van der Waals surface area contributed by atoms with E-state index in [2.05, 4.69) is 0 Å². The van der Waals surface area contributed by atoms with E-state index in [9.17, 15) is 5.11 Å². The lowest BCUT2D eigenvalue weighted by molar-refractivity contribution is -0.0395. The summed E-state index contributed by atoms with van der Waals surface area (Å²) in [4.78, 5) is 3.32. The molecule has 0 spiro atoms. The summed E-state index contributed by atoms with van der Waals surface area (Å²) in [7, 11) is 5.40. The number of nitrogens with zero attached hydrogens (tertiary/aromatic N) is 2. The summed E-state index contributed by atoms with van der Waals surface area (Å²) in [5.41, 5.74) is 0. The number of rotatable bonds is 4. The summed E-state index contributed by atoms with van der Waals surface area (Å²) in [6.07, 6.45) is -0.583. The van der Waals surface area contributed by atoms with Crippen LogP contribution >= 0.6 is 0 Å². The summed E-state index contributed by atoms with van der Waals surface area (Å²) in [5, 5.41) is 17.8. The van der Waals surface area contributed by atoms with Gasteiger partial charge < -0.3 is 15.1 Å². The molecule has 0 saturated heterocycles. The topological polar surface area (TPSA) is 46.9 Å². The molecule has 0 bridgehead atoms. The van der Waals surface area contributed by atoms with Gasteiger partial charge >= 0.3 is 0 Å². The number of aliphatic hydroxyl groups excluding tert-OH is 2. The first-order valence-corrected chi connectivity index (χ1v) is 3.21. The maximum atomic E-state index is 9.21. The summed E-state index contributed by atoms with van der Waals surface area (Å²) in [6.45, 7) is 0.423. The van der Waals surface area contributed by atoms with Crippen molar-refractivity contribution in [1.82, 2.24) is 9.80 Å². The molecule has 62 valence electrons. The third-order valence-electron chi connectivity index (χ3n) is 1.26. The predicted octanol–water partition coefficient (Wildman–Crippen LogP) is -1.25. The second kappa shape index (κ2) is 4.62. The zero-order valence-corrected chi connectivity index (χ0v) is 6.78. The van der Waals surface area contributed by atoms with E-state index in [1.165, 1.54) is 4.90 Å². The van der Waals surface area contributed by atoms with Gasteiger partial charge in [0.2, 0.25) is 0 Å². The Morgan fingerprint density at radius 3 is 2.10 bits per heavy atom. The van der Waals surface area contributed by atoms with Gasteiger partial charge in [-0.1, -0.05) is 0 Å². The first-order valence-electron chi connectivity index (χ1n) is 3.21. The minimum atomic E-state index is -0.583. The van der Waals surface area contributed by atoms with Crippen LogP contribution in [0.25, 0.3) is 0 Å². The van der Waals surface area contributed by atoms with Gasteiger partial charge in [-0.15, -0.1) is 0 Å². The molecule has 0 aromatic rings. The Morgan fingerprint density at radius 1 is 1.30 bits per heavy atom. The van der Waals surface area contributed by atoms with E-state index in [-0.39, 0.29) is 6.73 Å². The lowest BCUT2D eigenvalue weighted by atomic mass is 10.5. The molecule has 0 aliphatic rings. The van der Waals surface area contributed by atoms with Crippen LogP contribution in [0.4, 0.5) is 0 Å². The highest BCUT2D eigenvalue weighted by molar-refractivity contribution is 4.54. The monoisotopic (exact) mass is 148 g/mol. The van der Waals surface area contributed by atoms with Gasteiger partial charge in [0, 0.05) is 6.54 Å². The third kappa shape index (κ3) is 3.79. The van der Waals surface area contributed by atoms with Crippen LogP contribution in [0.1, 0.15) is 0 Å². The summed E-state index contributed by atoms with van der Waals surface area (Å²) in [5.74, 6) is 0. The minimum Gasteiger partial charge on any atom is -0.381 e. The molecule has 0 heterocycles. The van der Waals surface area contributed by atoms with E-state index >= 15 is 0 Å². The SMILES string of the molecule is CN(C)CC(O)N(C)CO. The molecule has 4 heteroatoms. The highest BCUT2D eigenvalue weighted by Gasteiger charge is 2.09. The molecule has 0 amide bonds. The van der Waals surface area contributed by atoms with Gasteiger partial charge in [-0.05, 0) is 21.1 Å². The van der Waals surface area contributed by atoms with E-state index in [1.54, 1.807) is 7.05 Å². The molecular formula is C6H16N2O2. The summed E-state index contributed by atoms with van der Waals surface area (Å²) < 4.78 is 0. The fourth-order valence-corrected chi connectivity index (χ4v) is 0.560. The standard InChI is InChI=1S/C6H16N2O2/c1-7(2)4-6(10)8(3)5-9/h6,9-10H,4-5H2,1-3H3. The predicted molar refractivity (Wildman–Crippen MR) is 39.4 cm³/mol. The van der Waals surface area contributed by atoms with Crippen LogP contribution in [0, 0.1) is 0 Å². The van der Waals surface area contributed by atoms with Gasteiger partial charge in [0.05, 0.1) is 6.73 Å². The lowest BCUT2D eigenvalue weighted by Crippen LogP contribution is -2.39. The second-order valence-electron chi connectivity index (χ2n) is 2.64. The first kappa shape index (κ1) is 9.84. The van der Waals surface area contributed by atoms with Crippen molar-refractivity contribution in [2.75, 3.05) is 34.4 Å². The summed E-state index contributed by atoms with van der Waals surface area (Å²) >= 11 is 0. The molecule has 0 rings (SSSR count). The van der Waals surface area contributed by atoms with E-state index in [4.69, 9.17) is 5.11 Å². The Kier molecular flexibility index (Phi) is 4.55. The smallest absolute Gasteiger partial charge is 0.121 e. The Morgan fingerprint density at radius 2 is 1.80 bits per heavy atom. The molecule has 1 unspecified atom stereocenters. The number of aliphatic hydroxyl groups is 2. The molecule has 0 aromatic heterocycles. The molecule has 1 atom stereocenters. The van der Waals surface area contributed by atoms with Crippen molar-refractivity contribution in [3.8, 4) is 0 Å². The summed E-state index contributed by atoms with van der Waals surface area (Å²) in [6, 6.07) is 0. The van der Waals surface area contributed by atoms with E-state index in [1.807, 2.05) is 19.0 Å². The van der Waals surface area contributed by atoms with Crippen LogP contribution in [0.2, 0.25) is 0 Å². The molecule has 10 heavy (non-hydrogen) atoms. The van der Waals surface area contributed by atoms with Gasteiger partial charge in [-0.2, -0.15) is 0 Å². The third-order valence-corrected chi connectivity index (χ3v) is 1.26. The van der Waals surface area contributed by atoms with Crippen molar-refractivity contribution in [3.05, 3.63) is 0 Å². The van der Waals surface area contributed by atoms with Gasteiger partial charge in [0.25, 0.3) is 0 Å². The molecule has 0 fully saturated rings. The highest BCUT2D eigenvalue weighted by Crippen LogP contribution is 1.90. The highest BCUT2D eigenvalue weighted by atomic mass is 16.3. The van der Waals surface area contributed by atoms with Crippen LogP contribution in [-0.2, 0) is 0 Å². The minimum absolute atomic E-state index is 0.116. The van der Waals surface area contributed by atoms with Gasteiger partial charge in [-0.3, -0.25) is 4.90 Å². The van der Waals surface area contributed by atoms with E-state index < -0.39 is 6.23 Å². The average molecular weight is 148 g/mol. The second-order valence-corrected chi connectivity index (χ2v) is 2.64. The molecule has 0 aromatic carbocycles. The Hall–Kier alpha value is -0.160. The molecular weight excluding hydrogens is 132 g/mol. The molecule has 0 aliphatic heterocycles. The van der Waals surface area contributed by atoms with Crippen LogP contribution < -0.4 is 0 Å². The average Bonchev–Trinajstić information content (AvgIpc) is 1.85. The van der Waals surface area contributed by atoms with E-state index in [0.29, 0.717) is 6.54 Å². The Balaban J connectivity index is 3.50. The Bertz CT molecular complexity index is 87.8. The van der Waals surface area contributed by atoms with Crippen molar-refractivity contribution >= 4 is 0 Å². The van der Waals surface area contributed by atoms with Crippen molar-refractivity contribution < 1.29 is 10.2 Å². The van der Waals surface area contributed by atoms with Crippen LogP contribution in [0.3, 0.4) is 0 Å². The quantitative estimate of drug-likeness (QED) is 0.489. The van der Waals surface area contributed by atoms with E-state index in [0.717, 1.165) is 0 Å². The Labute approximate surface area is 61.7 Å². The molecule has 0 radical (unpaired) electrons. The zero-order valence-electron chi connectivity index (χ0n) is 6.78. The van der Waals surface area contributed by atoms with Crippen LogP contribution in [0.15, 0.2) is 0 Å². The number of hydrogen-bond acceptors (Lipinski definition) is 4. The van der Waals surface area contributed by atoms with Crippen LogP contribution in [0.5, 0.6) is 0 Å². The number of likely N-dealkylation sites (N-methyl/N-ethyl adjacent to an activating group) is 2. The fourth-order valence-electron chi connectivity index (χ4n) is 0.560. The largest absolute Gasteiger partial charge is 0.381 e. The fraction of sp³-hybridized carbons (Fsp3) is 1.00. The molecule has 0 aliphatic carbocycles. The molecule has 4 nitrogen and oxygen atoms in total. The lowest BCUT2D eigenvalue weighted by Gasteiger charge is -2.23. The van der Waals surface area contributed by atoms with Crippen molar-refractivity contribution in [3.63, 3.8) is 0 Å². The van der Waals surface area contributed by atoms with Crippen molar-refractivity contribution in [2.45, 2.75) is 6.23 Å². The molecule has 2 N–H and O–H groups in total. The first-order chi connectivity index (χ1) is 4.57. The number of hydrogen-bond donors (Lipinski definition) is 2. The van der Waals surface area contributed by atoms with Gasteiger partial charge in [0.1, 0.15) is 6.23 Å². The zero-order chi connectivity index (χ0) is 8.15. The normalized spacial score (nSPS) is 14.7.